The lowest BCUT2D eigenvalue weighted by Gasteiger charge is -2.18. The van der Waals surface area contributed by atoms with Crippen LogP contribution in [-0.4, -0.2) is 25.7 Å². The number of rotatable bonds is 5. The zero-order valence-electron chi connectivity index (χ0n) is 19.4. The highest BCUT2D eigenvalue weighted by Crippen LogP contribution is 2.36. The molecule has 0 saturated heterocycles. The summed E-state index contributed by atoms with van der Waals surface area (Å²) in [6.45, 7) is 3.12. The van der Waals surface area contributed by atoms with Crippen molar-refractivity contribution in [1.29, 1.82) is 0 Å². The molecule has 0 saturated carbocycles. The van der Waals surface area contributed by atoms with Gasteiger partial charge < -0.3 is 16.0 Å². The van der Waals surface area contributed by atoms with Crippen LogP contribution in [0.2, 0.25) is 5.02 Å². The second-order valence-electron chi connectivity index (χ2n) is 8.02. The number of benzene rings is 1. The van der Waals surface area contributed by atoms with Gasteiger partial charge in [-0.15, -0.1) is 0 Å². The maximum absolute atomic E-state index is 14.2. The van der Waals surface area contributed by atoms with Crippen LogP contribution in [0.15, 0.2) is 59.4 Å². The topological polar surface area (TPSA) is 148 Å². The van der Waals surface area contributed by atoms with Crippen molar-refractivity contribution in [1.82, 2.24) is 19.7 Å². The molecule has 4 rings (SSSR count). The summed E-state index contributed by atoms with van der Waals surface area (Å²) < 4.78 is 43.2. The number of anilines is 2. The maximum atomic E-state index is 14.2. The zero-order valence-corrected chi connectivity index (χ0v) is 20.1. The monoisotopic (exact) mass is 532 g/mol. The first-order valence-electron chi connectivity index (χ1n) is 10.6. The molecule has 0 radical (unpaired) electrons. The minimum atomic E-state index is -4.96. The molecule has 192 valence electrons. The Labute approximate surface area is 212 Å². The number of carbonyl (C=O) groups is 1. The number of halogens is 4. The number of nitrogens with zero attached hydrogens (tertiary/aromatic N) is 4. The summed E-state index contributed by atoms with van der Waals surface area (Å²) in [5.41, 5.74) is 3.73. The van der Waals surface area contributed by atoms with E-state index in [2.05, 4.69) is 20.4 Å². The first-order chi connectivity index (χ1) is 17.4. The van der Waals surface area contributed by atoms with E-state index in [1.165, 1.54) is 49.7 Å². The van der Waals surface area contributed by atoms with Crippen molar-refractivity contribution in [2.45, 2.75) is 20.0 Å². The van der Waals surface area contributed by atoms with Crippen molar-refractivity contribution in [2.75, 3.05) is 10.3 Å². The molecule has 3 aromatic heterocycles. The zero-order chi connectivity index (χ0) is 27.1. The lowest BCUT2D eigenvalue weighted by molar-refractivity contribution is -0.143. The van der Waals surface area contributed by atoms with Crippen molar-refractivity contribution in [3.05, 3.63) is 87.0 Å². The number of allylic oxidation sites excluding steroid dienone is 1. The highest BCUT2D eigenvalue weighted by Gasteiger charge is 2.41. The SMILES string of the molecule is C/C(N)=C/N(N)c1nc(C)c(NC(=O)c2cnn(-c3cccc4c(=O)[nH]ccc34)c2C(F)(F)F)cc1Cl. The number of aromatic amines is 1. The molecular weight excluding hydrogens is 513 g/mol. The largest absolute Gasteiger partial charge is 0.434 e. The molecule has 0 aliphatic rings. The summed E-state index contributed by atoms with van der Waals surface area (Å²) in [4.78, 5) is 31.8. The molecule has 0 fully saturated rings. The van der Waals surface area contributed by atoms with E-state index in [1.54, 1.807) is 6.92 Å². The predicted octanol–water partition coefficient (Wildman–Crippen LogP) is 3.84. The van der Waals surface area contributed by atoms with Gasteiger partial charge in [0.2, 0.25) is 0 Å². The van der Waals surface area contributed by atoms with E-state index >= 15 is 0 Å². The summed E-state index contributed by atoms with van der Waals surface area (Å²) in [5, 5.41) is 7.74. The average Bonchev–Trinajstić information content (AvgIpc) is 3.26. The van der Waals surface area contributed by atoms with Crippen molar-refractivity contribution in [3.63, 3.8) is 0 Å². The van der Waals surface area contributed by atoms with Crippen LogP contribution in [0, 0.1) is 6.92 Å². The molecule has 37 heavy (non-hydrogen) atoms. The van der Waals surface area contributed by atoms with E-state index in [1.807, 2.05) is 0 Å². The molecule has 0 spiro atoms. The van der Waals surface area contributed by atoms with Crippen LogP contribution in [0.3, 0.4) is 0 Å². The molecule has 0 bridgehead atoms. The number of hydrogen-bond acceptors (Lipinski definition) is 7. The van der Waals surface area contributed by atoms with E-state index in [-0.39, 0.29) is 38.7 Å². The van der Waals surface area contributed by atoms with E-state index in [0.29, 0.717) is 10.4 Å². The third kappa shape index (κ3) is 4.99. The van der Waals surface area contributed by atoms with E-state index in [4.69, 9.17) is 23.2 Å². The highest BCUT2D eigenvalue weighted by atomic mass is 35.5. The summed E-state index contributed by atoms with van der Waals surface area (Å²) in [7, 11) is 0. The van der Waals surface area contributed by atoms with Crippen LogP contribution in [0.4, 0.5) is 24.7 Å². The van der Waals surface area contributed by atoms with Crippen LogP contribution in [0.1, 0.15) is 28.7 Å². The van der Waals surface area contributed by atoms with Gasteiger partial charge in [-0.3, -0.25) is 14.6 Å². The number of aromatic nitrogens is 4. The number of nitrogens with two attached hydrogens (primary N) is 2. The average molecular weight is 533 g/mol. The molecule has 10 nitrogen and oxygen atoms in total. The first kappa shape index (κ1) is 25.7. The maximum Gasteiger partial charge on any atom is 0.434 e. The number of fused-ring (bicyclic) bond motifs is 1. The van der Waals surface area contributed by atoms with E-state index in [9.17, 15) is 22.8 Å². The smallest absolute Gasteiger partial charge is 0.401 e. The Morgan fingerprint density at radius 1 is 1.27 bits per heavy atom. The molecule has 1 aromatic carbocycles. The van der Waals surface area contributed by atoms with Gasteiger partial charge in [0.05, 0.1) is 33.9 Å². The van der Waals surface area contributed by atoms with Gasteiger partial charge in [-0.05, 0) is 38.1 Å². The lowest BCUT2D eigenvalue weighted by Crippen LogP contribution is -2.27. The molecule has 4 aromatic rings. The molecular formula is C23H20ClF3N8O2. The quantitative estimate of drug-likeness (QED) is 0.225. The fraction of sp³-hybridized carbons (Fsp3) is 0.130. The lowest BCUT2D eigenvalue weighted by atomic mass is 10.1. The molecule has 1 amide bonds. The molecule has 0 aliphatic carbocycles. The summed E-state index contributed by atoms with van der Waals surface area (Å²) in [6, 6.07) is 7.03. The molecule has 14 heteroatoms. The van der Waals surface area contributed by atoms with Gasteiger partial charge in [0, 0.05) is 28.9 Å². The molecule has 0 unspecified atom stereocenters. The third-order valence-electron chi connectivity index (χ3n) is 5.29. The van der Waals surface area contributed by atoms with Gasteiger partial charge >= 0.3 is 6.18 Å². The number of carbonyl (C=O) groups excluding carboxylic acids is 1. The number of hydrogen-bond donors (Lipinski definition) is 4. The standard InChI is InChI=1S/C23H20ClF3N8O2/c1-11(28)10-34(29)20-16(24)8-17(12(2)32-20)33-22(37)15-9-31-35(19(15)23(25,26)27)18-5-3-4-14-13(18)6-7-30-21(14)36/h3-10H,28-29H2,1-2H3,(H,30,36)(H,33,37)/b11-10-. The minimum absolute atomic E-state index is 0.0218. The number of hydrazine groups is 1. The summed E-state index contributed by atoms with van der Waals surface area (Å²) in [5.74, 6) is 4.90. The Morgan fingerprint density at radius 3 is 2.68 bits per heavy atom. The van der Waals surface area contributed by atoms with Gasteiger partial charge in [-0.2, -0.15) is 18.3 Å². The van der Waals surface area contributed by atoms with Crippen molar-refractivity contribution in [3.8, 4) is 5.69 Å². The van der Waals surface area contributed by atoms with Crippen LogP contribution in [0.25, 0.3) is 16.5 Å². The normalized spacial score (nSPS) is 12.1. The second-order valence-corrected chi connectivity index (χ2v) is 8.43. The van der Waals surface area contributed by atoms with Gasteiger partial charge in [-0.1, -0.05) is 17.7 Å². The fourth-order valence-corrected chi connectivity index (χ4v) is 3.95. The van der Waals surface area contributed by atoms with Crippen LogP contribution >= 0.6 is 11.6 Å². The van der Waals surface area contributed by atoms with Gasteiger partial charge in [0.25, 0.3) is 11.5 Å². The Bertz CT molecular complexity index is 1610. The van der Waals surface area contributed by atoms with Gasteiger partial charge in [0.15, 0.2) is 11.5 Å². The number of aryl methyl sites for hydroxylation is 1. The van der Waals surface area contributed by atoms with Crippen molar-refractivity contribution < 1.29 is 18.0 Å². The number of alkyl halides is 3. The van der Waals surface area contributed by atoms with E-state index < -0.39 is 28.9 Å². The molecule has 3 heterocycles. The number of amides is 1. The first-order valence-corrected chi connectivity index (χ1v) is 11.0. The fourth-order valence-electron chi connectivity index (χ4n) is 3.71. The van der Waals surface area contributed by atoms with E-state index in [0.717, 1.165) is 11.2 Å². The second kappa shape index (κ2) is 9.59. The molecule has 6 N–H and O–H groups in total. The van der Waals surface area contributed by atoms with Crippen molar-refractivity contribution >= 4 is 39.8 Å². The van der Waals surface area contributed by atoms with Gasteiger partial charge in [-0.25, -0.2) is 15.5 Å². The third-order valence-corrected chi connectivity index (χ3v) is 5.56. The number of nitrogens with one attached hydrogen (secondary N) is 2. The number of H-pyrrole nitrogens is 1. The Balaban J connectivity index is 1.77. The Hall–Kier alpha value is -4.36. The van der Waals surface area contributed by atoms with Crippen LogP contribution in [-0.2, 0) is 6.18 Å². The highest BCUT2D eigenvalue weighted by molar-refractivity contribution is 6.33. The number of pyridine rings is 2. The van der Waals surface area contributed by atoms with Crippen LogP contribution < -0.4 is 27.5 Å². The Morgan fingerprint density at radius 2 is 2.00 bits per heavy atom. The van der Waals surface area contributed by atoms with Gasteiger partial charge in [0.1, 0.15) is 0 Å². The molecule has 0 aliphatic heterocycles. The summed E-state index contributed by atoms with van der Waals surface area (Å²) in [6.07, 6.45) is -1.47. The summed E-state index contributed by atoms with van der Waals surface area (Å²) >= 11 is 6.24. The minimum Gasteiger partial charge on any atom is -0.401 e. The Kier molecular flexibility index (Phi) is 6.67. The van der Waals surface area contributed by atoms with Crippen molar-refractivity contribution in [2.24, 2.45) is 11.6 Å². The predicted molar refractivity (Wildman–Crippen MR) is 133 cm³/mol. The molecule has 0 atom stereocenters. The van der Waals surface area contributed by atoms with Crippen LogP contribution in [0.5, 0.6) is 0 Å².